The third-order valence-electron chi connectivity index (χ3n) is 2.76. The van der Waals surface area contributed by atoms with E-state index in [0.717, 1.165) is 38.8 Å². The summed E-state index contributed by atoms with van der Waals surface area (Å²) in [5, 5.41) is 3.22. The lowest BCUT2D eigenvalue weighted by molar-refractivity contribution is -0.119. The molecule has 0 radical (unpaired) electrons. The molecule has 0 spiro atoms. The number of hydroxylamine groups is 1. The number of hydrogen-bond acceptors (Lipinski definition) is 4. The van der Waals surface area contributed by atoms with Gasteiger partial charge in [0.15, 0.2) is 0 Å². The lowest BCUT2D eigenvalue weighted by Gasteiger charge is -2.28. The van der Waals surface area contributed by atoms with Gasteiger partial charge < -0.3 is 10.2 Å². The topological polar surface area (TPSA) is 50.4 Å². The summed E-state index contributed by atoms with van der Waals surface area (Å²) in [6.45, 7) is 5.37. The maximum atomic E-state index is 11.1. The van der Waals surface area contributed by atoms with Crippen LogP contribution in [0.5, 0.6) is 0 Å². The summed E-state index contributed by atoms with van der Waals surface area (Å²) in [5.74, 6) is 0.236. The average molecular weight is 214 g/mol. The molecule has 2 atom stereocenters. The number of nitrogens with one attached hydrogen (secondary N) is 2. The molecular weight excluding hydrogens is 192 g/mol. The lowest BCUT2D eigenvalue weighted by Crippen LogP contribution is -2.50. The molecule has 0 saturated carbocycles. The molecule has 88 valence electrons. The van der Waals surface area contributed by atoms with Crippen LogP contribution in [-0.4, -0.2) is 31.0 Å². The van der Waals surface area contributed by atoms with Crippen LogP contribution in [0.3, 0.4) is 0 Å². The Bertz CT molecular complexity index is 189. The zero-order valence-electron chi connectivity index (χ0n) is 9.71. The maximum absolute atomic E-state index is 11.1. The molecule has 1 heterocycles. The highest BCUT2D eigenvalue weighted by atomic mass is 16.6. The fourth-order valence-corrected chi connectivity index (χ4v) is 1.70. The summed E-state index contributed by atoms with van der Waals surface area (Å²) in [4.78, 5) is 16.4. The fourth-order valence-electron chi connectivity index (χ4n) is 1.70. The van der Waals surface area contributed by atoms with Gasteiger partial charge in [0.05, 0.1) is 12.6 Å². The number of carbonyl (C=O) groups excluding carboxylic acids is 1. The summed E-state index contributed by atoms with van der Waals surface area (Å²) in [6, 6.07) is 0.399. The smallest absolute Gasteiger partial charge is 0.146 e. The van der Waals surface area contributed by atoms with E-state index < -0.39 is 0 Å². The van der Waals surface area contributed by atoms with E-state index in [4.69, 9.17) is 4.84 Å². The van der Waals surface area contributed by atoms with Crippen LogP contribution in [-0.2, 0) is 9.63 Å². The van der Waals surface area contributed by atoms with Gasteiger partial charge in [0, 0.05) is 12.6 Å². The summed E-state index contributed by atoms with van der Waals surface area (Å²) >= 11 is 0. The van der Waals surface area contributed by atoms with Crippen LogP contribution in [0.25, 0.3) is 0 Å². The van der Waals surface area contributed by atoms with Gasteiger partial charge in [-0.2, -0.15) is 5.48 Å². The molecule has 4 nitrogen and oxygen atoms in total. The minimum absolute atomic E-state index is 0.0543. The molecule has 0 aromatic heterocycles. The quantitative estimate of drug-likeness (QED) is 0.512. The summed E-state index contributed by atoms with van der Waals surface area (Å²) in [5.41, 5.74) is 3.04. The highest BCUT2D eigenvalue weighted by molar-refractivity contribution is 5.81. The van der Waals surface area contributed by atoms with E-state index in [9.17, 15) is 4.79 Å². The van der Waals surface area contributed by atoms with E-state index in [0.29, 0.717) is 6.04 Å². The number of unbranched alkanes of at least 4 members (excludes halogenated alkanes) is 1. The van der Waals surface area contributed by atoms with Crippen LogP contribution in [0.1, 0.15) is 39.5 Å². The summed E-state index contributed by atoms with van der Waals surface area (Å²) in [6.07, 6.45) is 4.15. The molecule has 0 aliphatic carbocycles. The van der Waals surface area contributed by atoms with E-state index in [1.165, 1.54) is 0 Å². The molecular formula is C11H22N2O2. The summed E-state index contributed by atoms with van der Waals surface area (Å²) < 4.78 is 0. The Morgan fingerprint density at radius 2 is 2.33 bits per heavy atom. The predicted molar refractivity (Wildman–Crippen MR) is 59.5 cm³/mol. The molecule has 2 N–H and O–H groups in total. The van der Waals surface area contributed by atoms with Crippen molar-refractivity contribution in [1.82, 2.24) is 10.8 Å². The number of hydrogen-bond donors (Lipinski definition) is 2. The van der Waals surface area contributed by atoms with E-state index >= 15 is 0 Å². The van der Waals surface area contributed by atoms with E-state index in [1.54, 1.807) is 6.92 Å². The van der Waals surface area contributed by atoms with Crippen molar-refractivity contribution in [2.75, 3.05) is 13.2 Å². The normalized spacial score (nSPS) is 26.5. The first-order valence-electron chi connectivity index (χ1n) is 5.85. The number of Topliss-reactive ketones (excluding diaryl/α,β-unsaturated/α-hetero) is 1. The monoisotopic (exact) mass is 214 g/mol. The average Bonchev–Trinajstić information content (AvgIpc) is 2.25. The van der Waals surface area contributed by atoms with Gasteiger partial charge in [0.25, 0.3) is 0 Å². The van der Waals surface area contributed by atoms with Crippen LogP contribution in [0.4, 0.5) is 0 Å². The van der Waals surface area contributed by atoms with Crippen molar-refractivity contribution < 1.29 is 9.63 Å². The third-order valence-corrected chi connectivity index (χ3v) is 2.76. The molecule has 0 bridgehead atoms. The Labute approximate surface area is 91.7 Å². The van der Waals surface area contributed by atoms with Gasteiger partial charge in [-0.05, 0) is 26.2 Å². The second-order valence-electron chi connectivity index (χ2n) is 4.17. The second-order valence-corrected chi connectivity index (χ2v) is 4.17. The van der Waals surface area contributed by atoms with E-state index in [1.807, 2.05) is 0 Å². The molecule has 1 aliphatic heterocycles. The van der Waals surface area contributed by atoms with Gasteiger partial charge in [-0.1, -0.05) is 13.3 Å². The van der Waals surface area contributed by atoms with Crippen molar-refractivity contribution >= 4 is 5.78 Å². The van der Waals surface area contributed by atoms with Crippen molar-refractivity contribution in [2.24, 2.45) is 0 Å². The second kappa shape index (κ2) is 6.93. The Morgan fingerprint density at radius 3 is 2.87 bits per heavy atom. The zero-order valence-corrected chi connectivity index (χ0v) is 9.71. The predicted octanol–water partition coefficient (Wildman–Crippen LogP) is 1.02. The number of piperidine rings is 1. The molecule has 0 aromatic carbocycles. The van der Waals surface area contributed by atoms with Crippen molar-refractivity contribution in [3.63, 3.8) is 0 Å². The molecule has 1 fully saturated rings. The number of carbonyl (C=O) groups is 1. The van der Waals surface area contributed by atoms with E-state index in [2.05, 4.69) is 17.7 Å². The first-order valence-corrected chi connectivity index (χ1v) is 5.85. The largest absolute Gasteiger partial charge is 0.306 e. The molecule has 0 amide bonds. The van der Waals surface area contributed by atoms with Gasteiger partial charge in [-0.3, -0.25) is 4.79 Å². The number of rotatable bonds is 6. The third kappa shape index (κ3) is 4.73. The Balaban J connectivity index is 2.07. The molecule has 1 aliphatic rings. The summed E-state index contributed by atoms with van der Waals surface area (Å²) in [7, 11) is 0. The lowest BCUT2D eigenvalue weighted by atomic mass is 9.99. The molecule has 15 heavy (non-hydrogen) atoms. The van der Waals surface area contributed by atoms with Crippen molar-refractivity contribution in [3.8, 4) is 0 Å². The molecule has 4 heteroatoms. The van der Waals surface area contributed by atoms with Crippen LogP contribution in [0.2, 0.25) is 0 Å². The Hall–Kier alpha value is -0.450. The highest BCUT2D eigenvalue weighted by Gasteiger charge is 2.22. The minimum atomic E-state index is 0.0543. The van der Waals surface area contributed by atoms with Crippen molar-refractivity contribution in [1.29, 1.82) is 0 Å². The van der Waals surface area contributed by atoms with Crippen LogP contribution >= 0.6 is 0 Å². The van der Waals surface area contributed by atoms with Crippen LogP contribution < -0.4 is 10.8 Å². The molecule has 0 aromatic rings. The first kappa shape index (κ1) is 12.6. The van der Waals surface area contributed by atoms with Gasteiger partial charge in [0.2, 0.25) is 0 Å². The van der Waals surface area contributed by atoms with Gasteiger partial charge >= 0.3 is 0 Å². The minimum Gasteiger partial charge on any atom is -0.306 e. The first-order chi connectivity index (χ1) is 7.24. The van der Waals surface area contributed by atoms with Crippen LogP contribution in [0.15, 0.2) is 0 Å². The van der Waals surface area contributed by atoms with Crippen molar-refractivity contribution in [3.05, 3.63) is 0 Å². The van der Waals surface area contributed by atoms with Crippen molar-refractivity contribution in [2.45, 2.75) is 51.6 Å². The molecule has 1 rings (SSSR count). The SMILES string of the molecule is CCCCON[C@@H]1CC[C@@H](C(C)=O)NC1. The van der Waals surface area contributed by atoms with Gasteiger partial charge in [-0.25, -0.2) is 0 Å². The fraction of sp³-hybridized carbons (Fsp3) is 0.909. The van der Waals surface area contributed by atoms with Gasteiger partial charge in [-0.15, -0.1) is 0 Å². The Kier molecular flexibility index (Phi) is 5.83. The van der Waals surface area contributed by atoms with Gasteiger partial charge in [0.1, 0.15) is 5.78 Å². The molecule has 1 saturated heterocycles. The van der Waals surface area contributed by atoms with Crippen LogP contribution in [0, 0.1) is 0 Å². The Morgan fingerprint density at radius 1 is 1.53 bits per heavy atom. The highest BCUT2D eigenvalue weighted by Crippen LogP contribution is 2.08. The maximum Gasteiger partial charge on any atom is 0.146 e. The zero-order chi connectivity index (χ0) is 11.1. The molecule has 0 unspecified atom stereocenters. The van der Waals surface area contributed by atoms with E-state index in [-0.39, 0.29) is 11.8 Å². The standard InChI is InChI=1S/C11H22N2O2/c1-3-4-7-15-13-10-5-6-11(9(2)14)12-8-10/h10-13H,3-8H2,1-2H3/t10-,11+/m1/s1. The number of ketones is 1.